The van der Waals surface area contributed by atoms with E-state index in [4.69, 9.17) is 5.73 Å². The van der Waals surface area contributed by atoms with E-state index in [1.807, 2.05) is 0 Å². The number of hydrogen-bond donors (Lipinski definition) is 1. The van der Waals surface area contributed by atoms with Crippen molar-refractivity contribution in [2.45, 2.75) is 11.4 Å². The van der Waals surface area contributed by atoms with Gasteiger partial charge in [-0.3, -0.25) is 0 Å². The Balaban J connectivity index is 0.00000144. The largest absolute Gasteiger partial charge is 0.332 e. The third-order valence-electron chi connectivity index (χ3n) is 1.46. The molecule has 0 saturated carbocycles. The minimum atomic E-state index is -4.63. The Bertz CT molecular complexity index is 380. The first-order valence-corrected chi connectivity index (χ1v) is 4.66. The van der Waals surface area contributed by atoms with E-state index in [1.165, 1.54) is 18.2 Å². The lowest BCUT2D eigenvalue weighted by atomic mass is 10.2. The first kappa shape index (κ1) is 12.3. The number of hydrogen-bond acceptors (Lipinski definition) is 3. The predicted molar refractivity (Wildman–Crippen MR) is 49.9 cm³/mol. The van der Waals surface area contributed by atoms with Gasteiger partial charge in [-0.2, -0.15) is 8.42 Å². The van der Waals surface area contributed by atoms with E-state index in [9.17, 15) is 12.3 Å². The van der Waals surface area contributed by atoms with Crippen LogP contribution in [0.2, 0.25) is 0 Å². The first-order valence-electron chi connectivity index (χ1n) is 3.28. The fourth-order valence-corrected chi connectivity index (χ4v) is 1.62. The second kappa shape index (κ2) is 4.55. The van der Waals surface area contributed by atoms with Gasteiger partial charge in [0.15, 0.2) is 0 Å². The summed E-state index contributed by atoms with van der Waals surface area (Å²) in [5.74, 6) is 0. The van der Waals surface area contributed by atoms with Crippen LogP contribution in [0.25, 0.3) is 0 Å². The smallest absolute Gasteiger partial charge is 0.326 e. The molecular formula is C7H9ClFNO2S. The van der Waals surface area contributed by atoms with E-state index < -0.39 is 10.2 Å². The molecule has 13 heavy (non-hydrogen) atoms. The molecule has 0 aliphatic rings. The SMILES string of the molecule is Cl.NCc1ccccc1S(=O)(=O)F. The van der Waals surface area contributed by atoms with Gasteiger partial charge in [-0.25, -0.2) is 0 Å². The molecule has 0 saturated heterocycles. The summed E-state index contributed by atoms with van der Waals surface area (Å²) in [7, 11) is -4.63. The molecule has 0 aliphatic carbocycles. The molecule has 0 spiro atoms. The minimum absolute atomic E-state index is 0. The second-order valence-electron chi connectivity index (χ2n) is 2.25. The van der Waals surface area contributed by atoms with Gasteiger partial charge in [0.2, 0.25) is 0 Å². The van der Waals surface area contributed by atoms with Crippen LogP contribution in [0.4, 0.5) is 3.89 Å². The highest BCUT2D eigenvalue weighted by molar-refractivity contribution is 7.86. The summed E-state index contributed by atoms with van der Waals surface area (Å²) in [6.07, 6.45) is 0. The van der Waals surface area contributed by atoms with E-state index in [1.54, 1.807) is 6.07 Å². The maximum atomic E-state index is 12.5. The third-order valence-corrected chi connectivity index (χ3v) is 2.38. The average Bonchev–Trinajstić information content (AvgIpc) is 2.03. The quantitative estimate of drug-likeness (QED) is 0.770. The predicted octanol–water partition coefficient (Wildman–Crippen LogP) is 1.23. The molecule has 0 aliphatic heterocycles. The molecular weight excluding hydrogens is 217 g/mol. The van der Waals surface area contributed by atoms with Crippen molar-refractivity contribution in [3.8, 4) is 0 Å². The van der Waals surface area contributed by atoms with Gasteiger partial charge in [0.25, 0.3) is 0 Å². The summed E-state index contributed by atoms with van der Waals surface area (Å²) in [4.78, 5) is -0.340. The molecule has 74 valence electrons. The number of nitrogens with two attached hydrogens (primary N) is 1. The number of rotatable bonds is 2. The summed E-state index contributed by atoms with van der Waals surface area (Å²) in [6.45, 7) is 0.0132. The van der Waals surface area contributed by atoms with E-state index in [-0.39, 0.29) is 23.8 Å². The summed E-state index contributed by atoms with van der Waals surface area (Å²) in [5, 5.41) is 0. The molecule has 1 rings (SSSR count). The van der Waals surface area contributed by atoms with E-state index in [2.05, 4.69) is 0 Å². The van der Waals surface area contributed by atoms with Crippen molar-refractivity contribution in [3.05, 3.63) is 29.8 Å². The lowest BCUT2D eigenvalue weighted by Crippen LogP contribution is -2.03. The Labute approximate surface area is 82.4 Å². The van der Waals surface area contributed by atoms with Gasteiger partial charge in [0.05, 0.1) is 0 Å². The van der Waals surface area contributed by atoms with Gasteiger partial charge in [0, 0.05) is 6.54 Å². The van der Waals surface area contributed by atoms with Crippen molar-refractivity contribution in [2.75, 3.05) is 0 Å². The van der Waals surface area contributed by atoms with Gasteiger partial charge >= 0.3 is 10.2 Å². The van der Waals surface area contributed by atoms with Gasteiger partial charge in [0.1, 0.15) is 4.90 Å². The molecule has 3 nitrogen and oxygen atoms in total. The summed E-state index contributed by atoms with van der Waals surface area (Å²) in [5.41, 5.74) is 5.51. The standard InChI is InChI=1S/C7H8FNO2S.ClH/c8-12(10,11)7-4-2-1-3-6(7)5-9;/h1-4H,5,9H2;1H. The van der Waals surface area contributed by atoms with E-state index in [0.29, 0.717) is 5.56 Å². The van der Waals surface area contributed by atoms with Crippen LogP contribution in [-0.2, 0) is 16.8 Å². The highest BCUT2D eigenvalue weighted by Gasteiger charge is 2.14. The average molecular weight is 226 g/mol. The van der Waals surface area contributed by atoms with Crippen molar-refractivity contribution < 1.29 is 12.3 Å². The van der Waals surface area contributed by atoms with E-state index in [0.717, 1.165) is 0 Å². The Morgan fingerprint density at radius 1 is 1.31 bits per heavy atom. The summed E-state index contributed by atoms with van der Waals surface area (Å²) in [6, 6.07) is 5.73. The van der Waals surface area contributed by atoms with Crippen LogP contribution in [-0.4, -0.2) is 8.42 Å². The fourth-order valence-electron chi connectivity index (χ4n) is 0.910. The third kappa shape index (κ3) is 2.95. The monoisotopic (exact) mass is 225 g/mol. The van der Waals surface area contributed by atoms with Crippen LogP contribution in [0.1, 0.15) is 5.56 Å². The van der Waals surface area contributed by atoms with Crippen molar-refractivity contribution in [2.24, 2.45) is 5.73 Å². The molecule has 1 aromatic carbocycles. The minimum Gasteiger partial charge on any atom is -0.326 e. The highest BCUT2D eigenvalue weighted by Crippen LogP contribution is 2.16. The molecule has 0 atom stereocenters. The molecule has 0 amide bonds. The zero-order valence-corrected chi connectivity index (χ0v) is 8.24. The number of benzene rings is 1. The van der Waals surface area contributed by atoms with Gasteiger partial charge in [-0.1, -0.05) is 18.2 Å². The Hall–Kier alpha value is -0.650. The zero-order valence-electron chi connectivity index (χ0n) is 6.60. The van der Waals surface area contributed by atoms with Crippen molar-refractivity contribution >= 4 is 22.6 Å². The first-order chi connectivity index (χ1) is 5.55. The topological polar surface area (TPSA) is 60.2 Å². The summed E-state index contributed by atoms with van der Waals surface area (Å²) < 4.78 is 33.5. The Morgan fingerprint density at radius 3 is 2.23 bits per heavy atom. The van der Waals surface area contributed by atoms with Crippen LogP contribution >= 0.6 is 12.4 Å². The molecule has 0 unspecified atom stereocenters. The molecule has 0 aromatic heterocycles. The fraction of sp³-hybridized carbons (Fsp3) is 0.143. The van der Waals surface area contributed by atoms with Crippen LogP contribution in [0, 0.1) is 0 Å². The normalized spacial score (nSPS) is 10.6. The van der Waals surface area contributed by atoms with Crippen molar-refractivity contribution in [1.82, 2.24) is 0 Å². The van der Waals surface area contributed by atoms with Crippen LogP contribution in [0.15, 0.2) is 29.2 Å². The van der Waals surface area contributed by atoms with Gasteiger partial charge in [-0.15, -0.1) is 16.3 Å². The van der Waals surface area contributed by atoms with Gasteiger partial charge < -0.3 is 5.73 Å². The maximum absolute atomic E-state index is 12.5. The molecule has 2 N–H and O–H groups in total. The molecule has 1 aromatic rings. The number of halogens is 2. The highest BCUT2D eigenvalue weighted by atomic mass is 35.5. The van der Waals surface area contributed by atoms with Crippen LogP contribution in [0.3, 0.4) is 0 Å². The Kier molecular flexibility index (Phi) is 4.32. The Morgan fingerprint density at radius 2 is 1.85 bits per heavy atom. The lowest BCUT2D eigenvalue weighted by Gasteiger charge is -2.00. The van der Waals surface area contributed by atoms with Crippen molar-refractivity contribution in [1.29, 1.82) is 0 Å². The second-order valence-corrected chi connectivity index (χ2v) is 3.57. The van der Waals surface area contributed by atoms with E-state index >= 15 is 0 Å². The van der Waals surface area contributed by atoms with Crippen LogP contribution < -0.4 is 5.73 Å². The molecule has 6 heteroatoms. The molecule has 0 bridgehead atoms. The molecule has 0 heterocycles. The van der Waals surface area contributed by atoms with Crippen molar-refractivity contribution in [3.63, 3.8) is 0 Å². The summed E-state index contributed by atoms with van der Waals surface area (Å²) >= 11 is 0. The molecule has 0 fully saturated rings. The lowest BCUT2D eigenvalue weighted by molar-refractivity contribution is 0.551. The zero-order chi connectivity index (χ0) is 9.19. The maximum Gasteiger partial charge on any atom is 0.332 e. The van der Waals surface area contributed by atoms with Crippen LogP contribution in [0.5, 0.6) is 0 Å². The molecule has 0 radical (unpaired) electrons. The van der Waals surface area contributed by atoms with Gasteiger partial charge in [-0.05, 0) is 11.6 Å².